The second-order valence-electron chi connectivity index (χ2n) is 4.91. The third kappa shape index (κ3) is 3.86. The van der Waals surface area contributed by atoms with Gasteiger partial charge in [0.05, 0.1) is 13.5 Å². The molecule has 0 heterocycles. The van der Waals surface area contributed by atoms with Crippen LogP contribution in [0.2, 0.25) is 0 Å². The topological polar surface area (TPSA) is 55.4 Å². The van der Waals surface area contributed by atoms with Gasteiger partial charge in [-0.05, 0) is 16.3 Å². The fourth-order valence-electron chi connectivity index (χ4n) is 2.23. The maximum absolute atomic E-state index is 12.1. The molecule has 0 saturated heterocycles. The molecule has 0 radical (unpaired) electrons. The SMILES string of the molecule is C#CC[C@@H](NC(=O)Cc1ccc2ccccc2c1)C(=O)OC. The van der Waals surface area contributed by atoms with Crippen LogP contribution >= 0.6 is 0 Å². The summed E-state index contributed by atoms with van der Waals surface area (Å²) in [6.07, 6.45) is 5.49. The molecule has 0 aliphatic carbocycles. The zero-order valence-corrected chi connectivity index (χ0v) is 12.3. The van der Waals surface area contributed by atoms with E-state index in [1.807, 2.05) is 42.5 Å². The second kappa shape index (κ2) is 7.28. The number of hydrogen-bond donors (Lipinski definition) is 1. The molecule has 2 aromatic carbocycles. The first-order chi connectivity index (χ1) is 10.6. The number of methoxy groups -OCH3 is 1. The molecular weight excluding hydrogens is 278 g/mol. The summed E-state index contributed by atoms with van der Waals surface area (Å²) >= 11 is 0. The highest BCUT2D eigenvalue weighted by Crippen LogP contribution is 2.16. The number of carbonyl (C=O) groups is 2. The van der Waals surface area contributed by atoms with E-state index in [1.165, 1.54) is 7.11 Å². The van der Waals surface area contributed by atoms with Gasteiger partial charge in [-0.2, -0.15) is 0 Å². The summed E-state index contributed by atoms with van der Waals surface area (Å²) in [4.78, 5) is 23.6. The van der Waals surface area contributed by atoms with Gasteiger partial charge < -0.3 is 10.1 Å². The van der Waals surface area contributed by atoms with Gasteiger partial charge in [0.25, 0.3) is 0 Å². The van der Waals surface area contributed by atoms with Crippen LogP contribution in [0.4, 0.5) is 0 Å². The van der Waals surface area contributed by atoms with Crippen molar-refractivity contribution in [2.45, 2.75) is 18.9 Å². The summed E-state index contributed by atoms with van der Waals surface area (Å²) in [6.45, 7) is 0. The van der Waals surface area contributed by atoms with Gasteiger partial charge in [-0.25, -0.2) is 4.79 Å². The number of ether oxygens (including phenoxy) is 1. The van der Waals surface area contributed by atoms with Gasteiger partial charge in [-0.3, -0.25) is 4.79 Å². The van der Waals surface area contributed by atoms with Crippen molar-refractivity contribution in [2.24, 2.45) is 0 Å². The highest BCUT2D eigenvalue weighted by molar-refractivity contribution is 5.88. The van der Waals surface area contributed by atoms with Crippen molar-refractivity contribution in [3.8, 4) is 12.3 Å². The molecule has 0 fully saturated rings. The van der Waals surface area contributed by atoms with Gasteiger partial charge in [0.2, 0.25) is 5.91 Å². The van der Waals surface area contributed by atoms with E-state index in [1.54, 1.807) is 0 Å². The lowest BCUT2D eigenvalue weighted by molar-refractivity contribution is -0.144. The van der Waals surface area contributed by atoms with Gasteiger partial charge in [-0.15, -0.1) is 12.3 Å². The quantitative estimate of drug-likeness (QED) is 0.678. The van der Waals surface area contributed by atoms with Crippen LogP contribution in [0.5, 0.6) is 0 Å². The third-order valence-corrected chi connectivity index (χ3v) is 3.32. The van der Waals surface area contributed by atoms with E-state index in [2.05, 4.69) is 16.0 Å². The highest BCUT2D eigenvalue weighted by atomic mass is 16.5. The van der Waals surface area contributed by atoms with E-state index >= 15 is 0 Å². The lowest BCUT2D eigenvalue weighted by Crippen LogP contribution is -2.41. The molecule has 0 spiro atoms. The summed E-state index contributed by atoms with van der Waals surface area (Å²) in [5, 5.41) is 4.80. The van der Waals surface area contributed by atoms with Gasteiger partial charge in [-0.1, -0.05) is 42.5 Å². The van der Waals surface area contributed by atoms with Crippen molar-refractivity contribution < 1.29 is 14.3 Å². The fraction of sp³-hybridized carbons (Fsp3) is 0.222. The van der Waals surface area contributed by atoms with E-state index in [4.69, 9.17) is 6.42 Å². The molecule has 1 N–H and O–H groups in total. The minimum absolute atomic E-state index is 0.107. The number of nitrogens with one attached hydrogen (secondary N) is 1. The molecule has 0 unspecified atom stereocenters. The lowest BCUT2D eigenvalue weighted by atomic mass is 10.0. The van der Waals surface area contributed by atoms with Crippen LogP contribution in [-0.4, -0.2) is 25.0 Å². The standard InChI is InChI=1S/C18H17NO3/c1-3-6-16(18(21)22-2)19-17(20)12-13-9-10-14-7-4-5-8-15(14)11-13/h1,4-5,7-11,16H,6,12H2,2H3,(H,19,20)/t16-/m1/s1. The smallest absolute Gasteiger partial charge is 0.329 e. The Balaban J connectivity index is 2.06. The molecule has 4 heteroatoms. The van der Waals surface area contributed by atoms with E-state index in [0.717, 1.165) is 16.3 Å². The third-order valence-electron chi connectivity index (χ3n) is 3.32. The van der Waals surface area contributed by atoms with E-state index in [-0.39, 0.29) is 18.7 Å². The van der Waals surface area contributed by atoms with E-state index in [9.17, 15) is 9.59 Å². The number of carbonyl (C=O) groups excluding carboxylic acids is 2. The molecule has 0 bridgehead atoms. The van der Waals surface area contributed by atoms with Crippen LogP contribution in [0.3, 0.4) is 0 Å². The number of amides is 1. The Kier molecular flexibility index (Phi) is 5.16. The maximum atomic E-state index is 12.1. The van der Waals surface area contributed by atoms with Crippen LogP contribution in [0.15, 0.2) is 42.5 Å². The summed E-state index contributed by atoms with van der Waals surface area (Å²) in [7, 11) is 1.27. The van der Waals surface area contributed by atoms with Crippen LogP contribution in [0.25, 0.3) is 10.8 Å². The number of rotatable bonds is 5. The molecule has 1 atom stereocenters. The van der Waals surface area contributed by atoms with Crippen molar-refractivity contribution in [2.75, 3.05) is 7.11 Å². The van der Waals surface area contributed by atoms with Crippen molar-refractivity contribution in [1.29, 1.82) is 0 Å². The average Bonchev–Trinajstić information content (AvgIpc) is 2.53. The molecule has 0 aliphatic rings. The Hall–Kier alpha value is -2.80. The van der Waals surface area contributed by atoms with Crippen LogP contribution < -0.4 is 5.32 Å². The van der Waals surface area contributed by atoms with Gasteiger partial charge in [0.15, 0.2) is 0 Å². The minimum Gasteiger partial charge on any atom is -0.467 e. The molecule has 112 valence electrons. The number of benzene rings is 2. The molecule has 0 aliphatic heterocycles. The Bertz CT molecular complexity index is 730. The molecule has 4 nitrogen and oxygen atoms in total. The van der Waals surface area contributed by atoms with Crippen molar-refractivity contribution >= 4 is 22.6 Å². The molecule has 0 aromatic heterocycles. The lowest BCUT2D eigenvalue weighted by Gasteiger charge is -2.14. The van der Waals surface area contributed by atoms with Crippen molar-refractivity contribution in [1.82, 2.24) is 5.32 Å². The summed E-state index contributed by atoms with van der Waals surface area (Å²) in [6, 6.07) is 13.0. The number of esters is 1. The highest BCUT2D eigenvalue weighted by Gasteiger charge is 2.20. The minimum atomic E-state index is -0.803. The monoisotopic (exact) mass is 295 g/mol. The summed E-state index contributed by atoms with van der Waals surface area (Å²) in [5.74, 6) is 1.56. The summed E-state index contributed by atoms with van der Waals surface area (Å²) in [5.41, 5.74) is 0.875. The first kappa shape index (κ1) is 15.6. The first-order valence-electron chi connectivity index (χ1n) is 6.92. The Labute approximate surface area is 129 Å². The van der Waals surface area contributed by atoms with Gasteiger partial charge in [0, 0.05) is 6.42 Å². The Morgan fingerprint density at radius 1 is 1.23 bits per heavy atom. The van der Waals surface area contributed by atoms with Gasteiger partial charge >= 0.3 is 5.97 Å². The zero-order chi connectivity index (χ0) is 15.9. The van der Waals surface area contributed by atoms with Gasteiger partial charge in [0.1, 0.15) is 6.04 Å². The molecule has 0 saturated carbocycles. The average molecular weight is 295 g/mol. The predicted octanol–water partition coefficient (Wildman–Crippen LogP) is 2.06. The Morgan fingerprint density at radius 2 is 1.95 bits per heavy atom. The Morgan fingerprint density at radius 3 is 2.64 bits per heavy atom. The molecular formula is C18H17NO3. The fourth-order valence-corrected chi connectivity index (χ4v) is 2.23. The zero-order valence-electron chi connectivity index (χ0n) is 12.3. The van der Waals surface area contributed by atoms with E-state index in [0.29, 0.717) is 0 Å². The molecule has 1 amide bonds. The van der Waals surface area contributed by atoms with E-state index < -0.39 is 12.0 Å². The summed E-state index contributed by atoms with van der Waals surface area (Å²) < 4.78 is 4.62. The number of fused-ring (bicyclic) bond motifs is 1. The van der Waals surface area contributed by atoms with Crippen LogP contribution in [0.1, 0.15) is 12.0 Å². The number of terminal acetylenes is 1. The van der Waals surface area contributed by atoms with Crippen LogP contribution in [-0.2, 0) is 20.7 Å². The predicted molar refractivity (Wildman–Crippen MR) is 85.0 cm³/mol. The molecule has 2 aromatic rings. The second-order valence-corrected chi connectivity index (χ2v) is 4.91. The largest absolute Gasteiger partial charge is 0.467 e. The number of hydrogen-bond acceptors (Lipinski definition) is 3. The maximum Gasteiger partial charge on any atom is 0.329 e. The van der Waals surface area contributed by atoms with Crippen LogP contribution in [0, 0.1) is 12.3 Å². The first-order valence-corrected chi connectivity index (χ1v) is 6.92. The van der Waals surface area contributed by atoms with Crippen molar-refractivity contribution in [3.05, 3.63) is 48.0 Å². The molecule has 2 rings (SSSR count). The molecule has 22 heavy (non-hydrogen) atoms. The normalized spacial score (nSPS) is 11.5. The van der Waals surface area contributed by atoms with Crippen molar-refractivity contribution in [3.63, 3.8) is 0 Å².